The van der Waals surface area contributed by atoms with Crippen LogP contribution in [-0.2, 0) is 12.8 Å². The van der Waals surface area contributed by atoms with E-state index in [1.807, 2.05) is 18.2 Å². The molecule has 292 valence electrons. The Kier molecular flexibility index (Phi) is 9.56. The van der Waals surface area contributed by atoms with Gasteiger partial charge in [0.25, 0.3) is 0 Å². The summed E-state index contributed by atoms with van der Waals surface area (Å²) in [6.07, 6.45) is 16.3. The van der Waals surface area contributed by atoms with Crippen molar-refractivity contribution in [3.05, 3.63) is 174 Å². The van der Waals surface area contributed by atoms with E-state index in [-0.39, 0.29) is 0 Å². The number of hydrogen-bond acceptors (Lipinski definition) is 4. The first-order chi connectivity index (χ1) is 29.4. The molecule has 1 aliphatic rings. The largest absolute Gasteiger partial charge is 0.456 e. The van der Waals surface area contributed by atoms with Gasteiger partial charge in [-0.05, 0) is 84.7 Å². The highest BCUT2D eigenvalue weighted by atomic mass is 16.3. The molecule has 4 nitrogen and oxygen atoms in total. The molecule has 4 aromatic heterocycles. The minimum atomic E-state index is 0.432. The van der Waals surface area contributed by atoms with Crippen molar-refractivity contribution in [1.82, 2.24) is 15.0 Å². The van der Waals surface area contributed by atoms with Crippen molar-refractivity contribution in [2.24, 2.45) is 5.92 Å². The Hall–Kier alpha value is -6.91. The lowest BCUT2D eigenvalue weighted by atomic mass is 9.85. The van der Waals surface area contributed by atoms with Crippen molar-refractivity contribution in [3.8, 4) is 33.6 Å². The van der Waals surface area contributed by atoms with Crippen LogP contribution in [0.25, 0.3) is 99.7 Å². The fraction of sp³-hybridized carbons (Fsp3) is 0.161. The first-order valence-corrected chi connectivity index (χ1v) is 21.3. The van der Waals surface area contributed by atoms with E-state index in [0.717, 1.165) is 114 Å². The quantitative estimate of drug-likeness (QED) is 0.108. The molecule has 4 heteroatoms. The third-order valence-electron chi connectivity index (χ3n) is 12.3. The van der Waals surface area contributed by atoms with Crippen LogP contribution in [0.15, 0.2) is 151 Å². The molecule has 1 unspecified atom stereocenters. The Morgan fingerprint density at radius 2 is 1.45 bits per heavy atom. The summed E-state index contributed by atoms with van der Waals surface area (Å²) in [5.74, 6) is 1.28. The van der Waals surface area contributed by atoms with Crippen LogP contribution in [-0.4, -0.2) is 15.0 Å². The summed E-state index contributed by atoms with van der Waals surface area (Å²) in [5, 5.41) is 6.79. The van der Waals surface area contributed by atoms with Gasteiger partial charge < -0.3 is 4.42 Å². The van der Waals surface area contributed by atoms with E-state index >= 15 is 0 Å². The van der Waals surface area contributed by atoms with Gasteiger partial charge in [0.15, 0.2) is 0 Å². The molecule has 60 heavy (non-hydrogen) atoms. The lowest BCUT2D eigenvalue weighted by Gasteiger charge is -2.21. The van der Waals surface area contributed by atoms with Crippen LogP contribution in [0.4, 0.5) is 0 Å². The molecule has 10 rings (SSSR count). The maximum atomic E-state index is 6.50. The van der Waals surface area contributed by atoms with Crippen molar-refractivity contribution >= 4 is 66.1 Å². The average molecular weight is 778 g/mol. The minimum Gasteiger partial charge on any atom is -0.456 e. The second kappa shape index (κ2) is 15.4. The number of rotatable bonds is 9. The molecule has 0 radical (unpaired) electrons. The van der Waals surface area contributed by atoms with Gasteiger partial charge in [-0.2, -0.15) is 0 Å². The van der Waals surface area contributed by atoms with Crippen LogP contribution in [0.1, 0.15) is 61.8 Å². The molecule has 0 aliphatic heterocycles. The number of hydrogen-bond donors (Lipinski definition) is 0. The lowest BCUT2D eigenvalue weighted by Crippen LogP contribution is -2.03. The van der Waals surface area contributed by atoms with Crippen LogP contribution in [0.2, 0.25) is 0 Å². The third-order valence-corrected chi connectivity index (χ3v) is 12.3. The summed E-state index contributed by atoms with van der Waals surface area (Å²) >= 11 is 0. The Morgan fingerprint density at radius 1 is 0.700 bits per heavy atom. The van der Waals surface area contributed by atoms with Crippen LogP contribution in [0, 0.1) is 12.8 Å². The molecular formula is C56H47N3O. The Balaban J connectivity index is 1.20. The Morgan fingerprint density at radius 3 is 2.20 bits per heavy atom. The number of allylic oxidation sites excluding steroid dienone is 6. The fourth-order valence-electron chi connectivity index (χ4n) is 9.48. The van der Waals surface area contributed by atoms with Gasteiger partial charge in [0, 0.05) is 54.6 Å². The van der Waals surface area contributed by atoms with Gasteiger partial charge in [-0.25, -0.2) is 15.0 Å². The topological polar surface area (TPSA) is 51.8 Å². The Bertz CT molecular complexity index is 3270. The third kappa shape index (κ3) is 6.26. The van der Waals surface area contributed by atoms with Crippen molar-refractivity contribution in [2.75, 3.05) is 0 Å². The van der Waals surface area contributed by atoms with Crippen LogP contribution < -0.4 is 0 Å². The molecule has 0 saturated heterocycles. The number of fused-ring (bicyclic) bond motifs is 8. The minimum absolute atomic E-state index is 0.432. The average Bonchev–Trinajstić information content (AvgIpc) is 3.62. The van der Waals surface area contributed by atoms with Gasteiger partial charge >= 0.3 is 0 Å². The highest BCUT2D eigenvalue weighted by Crippen LogP contribution is 2.44. The van der Waals surface area contributed by atoms with Crippen LogP contribution in [0.3, 0.4) is 0 Å². The highest BCUT2D eigenvalue weighted by Gasteiger charge is 2.23. The van der Waals surface area contributed by atoms with Gasteiger partial charge in [-0.15, -0.1) is 0 Å². The van der Waals surface area contributed by atoms with E-state index in [0.29, 0.717) is 5.92 Å². The number of pyridine rings is 3. The molecular weight excluding hydrogens is 731 g/mol. The van der Waals surface area contributed by atoms with Gasteiger partial charge in [-0.1, -0.05) is 149 Å². The number of aryl methyl sites for hydroxylation is 1. The maximum Gasteiger partial charge on any atom is 0.135 e. The number of furan rings is 1. The van der Waals surface area contributed by atoms with Crippen molar-refractivity contribution in [1.29, 1.82) is 0 Å². The summed E-state index contributed by atoms with van der Waals surface area (Å²) in [7, 11) is 0. The van der Waals surface area contributed by atoms with Gasteiger partial charge in [0.1, 0.15) is 11.3 Å². The molecule has 0 spiro atoms. The smallest absolute Gasteiger partial charge is 0.135 e. The summed E-state index contributed by atoms with van der Waals surface area (Å²) in [6, 6.07) is 39.0. The molecule has 9 aromatic rings. The van der Waals surface area contributed by atoms with Gasteiger partial charge in [-0.3, -0.25) is 0 Å². The second-order valence-corrected chi connectivity index (χ2v) is 16.2. The van der Waals surface area contributed by atoms with Crippen LogP contribution >= 0.6 is 0 Å². The zero-order chi connectivity index (χ0) is 40.9. The second-order valence-electron chi connectivity index (χ2n) is 16.2. The molecule has 1 aliphatic carbocycles. The standard InChI is InChI=1S/C56H47N3O/c1-6-9-22-49-35(5)51-50(60-49)32-29-46-52(51)45-21-14-20-44(56(45)59-53(46)39-19-13-16-34(4)33-39)42-27-28-43(41(15-7-2)40(42)8-3)48-31-26-38-24-23-37-25-30-47(36-17-11-10-12-18-36)57-54(37)55(38)58-48/h6,9-14,16-32,34H,1,7-8,15,33H2,2-5H3/b22-9-. The predicted octanol–water partition coefficient (Wildman–Crippen LogP) is 15.2. The summed E-state index contributed by atoms with van der Waals surface area (Å²) < 4.78 is 6.50. The molecule has 0 saturated carbocycles. The summed E-state index contributed by atoms with van der Waals surface area (Å²) in [6.45, 7) is 12.9. The first-order valence-electron chi connectivity index (χ1n) is 21.3. The molecule has 0 amide bonds. The molecule has 1 atom stereocenters. The van der Waals surface area contributed by atoms with E-state index in [1.165, 1.54) is 33.2 Å². The number of para-hydroxylation sites is 1. The zero-order valence-corrected chi connectivity index (χ0v) is 34.7. The number of aromatic nitrogens is 3. The SMILES string of the molecule is C=C/C=C\c1oc2ccc3c(C4=CC=CC(C)C4)nc4c(-c5ccc(-c6ccc7ccc8ccc(-c9ccccc9)nc8c7n6)c(CCC)c5CC)cccc4c3c2c1C. The van der Waals surface area contributed by atoms with Crippen molar-refractivity contribution in [3.63, 3.8) is 0 Å². The summed E-state index contributed by atoms with van der Waals surface area (Å²) in [5.41, 5.74) is 16.4. The van der Waals surface area contributed by atoms with E-state index in [4.69, 9.17) is 19.4 Å². The van der Waals surface area contributed by atoms with E-state index in [2.05, 4.69) is 156 Å². The Labute approximate surface area is 351 Å². The van der Waals surface area contributed by atoms with Crippen molar-refractivity contribution in [2.45, 2.75) is 53.4 Å². The number of benzene rings is 5. The lowest BCUT2D eigenvalue weighted by molar-refractivity contribution is 0.601. The predicted molar refractivity (Wildman–Crippen MR) is 254 cm³/mol. The molecule has 0 fully saturated rings. The molecule has 5 aromatic carbocycles. The van der Waals surface area contributed by atoms with E-state index in [1.54, 1.807) is 6.08 Å². The molecule has 0 bridgehead atoms. The van der Waals surface area contributed by atoms with Crippen molar-refractivity contribution < 1.29 is 4.42 Å². The van der Waals surface area contributed by atoms with Crippen LogP contribution in [0.5, 0.6) is 0 Å². The van der Waals surface area contributed by atoms with Gasteiger partial charge in [0.2, 0.25) is 0 Å². The molecule has 4 heterocycles. The molecule has 0 N–H and O–H groups in total. The summed E-state index contributed by atoms with van der Waals surface area (Å²) in [4.78, 5) is 16.3. The normalized spacial score (nSPS) is 14.3. The van der Waals surface area contributed by atoms with E-state index < -0.39 is 0 Å². The fourth-order valence-corrected chi connectivity index (χ4v) is 9.48. The maximum absolute atomic E-state index is 6.50. The van der Waals surface area contributed by atoms with E-state index in [9.17, 15) is 0 Å². The number of nitrogens with zero attached hydrogens (tertiary/aromatic N) is 3. The monoisotopic (exact) mass is 777 g/mol. The first kappa shape index (κ1) is 37.4. The highest BCUT2D eigenvalue weighted by molar-refractivity contribution is 6.23. The van der Waals surface area contributed by atoms with Gasteiger partial charge in [0.05, 0.1) is 33.6 Å². The zero-order valence-electron chi connectivity index (χ0n) is 34.7.